The molecule has 2 N–H and O–H groups in total. The van der Waals surface area contributed by atoms with Crippen LogP contribution in [0.5, 0.6) is 0 Å². The highest BCUT2D eigenvalue weighted by Crippen LogP contribution is 2.49. The van der Waals surface area contributed by atoms with Crippen molar-refractivity contribution in [2.75, 3.05) is 11.4 Å². The fraction of sp³-hybridized carbons (Fsp3) is 0.455. The summed E-state index contributed by atoms with van der Waals surface area (Å²) in [7, 11) is 0. The average Bonchev–Trinajstić information content (AvgIpc) is 3.31. The Morgan fingerprint density at radius 3 is 2.74 bits per heavy atom. The first kappa shape index (κ1) is 16.6. The third-order valence-electron chi connectivity index (χ3n) is 6.84. The van der Waals surface area contributed by atoms with Gasteiger partial charge in [0.1, 0.15) is 5.69 Å². The number of carbonyl (C=O) groups is 1. The summed E-state index contributed by atoms with van der Waals surface area (Å²) in [6, 6.07) is 4.50. The Morgan fingerprint density at radius 2 is 2.00 bits per heavy atom. The molecule has 3 heterocycles. The van der Waals surface area contributed by atoms with Crippen molar-refractivity contribution in [3.63, 3.8) is 0 Å². The molecule has 1 amide bonds. The minimum absolute atomic E-state index is 0.262. The molecular weight excluding hydrogens is 336 g/mol. The number of likely N-dealkylation sites (N-methyl/N-ethyl adjacent to an activating group) is 1. The van der Waals surface area contributed by atoms with Crippen LogP contribution in [0.15, 0.2) is 18.3 Å². The van der Waals surface area contributed by atoms with Crippen LogP contribution < -0.4 is 4.90 Å². The van der Waals surface area contributed by atoms with Crippen molar-refractivity contribution >= 4 is 22.5 Å². The second-order valence-corrected chi connectivity index (χ2v) is 7.84. The summed E-state index contributed by atoms with van der Waals surface area (Å²) in [5.41, 5.74) is 7.86. The minimum atomic E-state index is -0.389. The second kappa shape index (κ2) is 5.72. The predicted molar refractivity (Wildman–Crippen MR) is 108 cm³/mol. The van der Waals surface area contributed by atoms with E-state index in [0.29, 0.717) is 0 Å². The topological polar surface area (TPSA) is 64.8 Å². The van der Waals surface area contributed by atoms with E-state index in [1.54, 1.807) is 0 Å². The number of H-pyrrole nitrogens is 2. The number of nitrogens with one attached hydrogen (secondary N) is 2. The van der Waals surface area contributed by atoms with Crippen LogP contribution in [0.25, 0.3) is 22.3 Å². The van der Waals surface area contributed by atoms with E-state index in [1.165, 1.54) is 22.1 Å². The second-order valence-electron chi connectivity index (χ2n) is 7.84. The molecule has 0 atom stereocenters. The Balaban J connectivity index is 1.80. The summed E-state index contributed by atoms with van der Waals surface area (Å²) in [5, 5.41) is 8.79. The number of nitrogens with zero attached hydrogens (tertiary/aromatic N) is 2. The number of rotatable bonds is 3. The summed E-state index contributed by atoms with van der Waals surface area (Å²) >= 11 is 0. The van der Waals surface area contributed by atoms with E-state index >= 15 is 0 Å². The molecule has 1 aliphatic carbocycles. The number of fused-ring (bicyclic) bond motifs is 6. The SMILES string of the molecule is CCN1C(=O)C(CC)(CC)c2cc3[nH]c4c(c3cc21)CCCc1c[nH]nc1-4. The van der Waals surface area contributed by atoms with Gasteiger partial charge in [-0.3, -0.25) is 9.89 Å². The number of carbonyl (C=O) groups excluding carboxylic acids is 1. The van der Waals surface area contributed by atoms with Gasteiger partial charge in [0, 0.05) is 29.3 Å². The smallest absolute Gasteiger partial charge is 0.237 e. The summed E-state index contributed by atoms with van der Waals surface area (Å²) in [5.74, 6) is 0.262. The highest BCUT2D eigenvalue weighted by Gasteiger charge is 2.48. The Kier molecular flexibility index (Phi) is 3.51. The van der Waals surface area contributed by atoms with Crippen molar-refractivity contribution in [1.82, 2.24) is 15.2 Å². The predicted octanol–water partition coefficient (Wildman–Crippen LogP) is 4.47. The number of aryl methyl sites for hydroxylation is 2. The summed E-state index contributed by atoms with van der Waals surface area (Å²) < 4.78 is 0. The molecule has 2 aromatic heterocycles. The van der Waals surface area contributed by atoms with Crippen LogP contribution >= 0.6 is 0 Å². The number of aromatic nitrogens is 3. The zero-order valence-corrected chi connectivity index (χ0v) is 16.3. The van der Waals surface area contributed by atoms with E-state index in [0.717, 1.165) is 61.2 Å². The molecule has 0 bridgehead atoms. The van der Waals surface area contributed by atoms with E-state index in [4.69, 9.17) is 0 Å². The zero-order valence-electron chi connectivity index (χ0n) is 16.3. The molecule has 0 spiro atoms. The van der Waals surface area contributed by atoms with Crippen LogP contribution in [0, 0.1) is 0 Å². The van der Waals surface area contributed by atoms with Crippen LogP contribution in [0.2, 0.25) is 0 Å². The van der Waals surface area contributed by atoms with Gasteiger partial charge in [0.15, 0.2) is 0 Å². The van der Waals surface area contributed by atoms with Crippen molar-refractivity contribution in [3.05, 3.63) is 35.0 Å². The van der Waals surface area contributed by atoms with E-state index < -0.39 is 0 Å². The molecule has 5 nitrogen and oxygen atoms in total. The Bertz CT molecular complexity index is 1050. The lowest BCUT2D eigenvalue weighted by Gasteiger charge is -2.25. The van der Waals surface area contributed by atoms with Gasteiger partial charge in [-0.1, -0.05) is 13.8 Å². The molecule has 0 saturated carbocycles. The maximum absolute atomic E-state index is 13.3. The third kappa shape index (κ3) is 2.00. The molecule has 3 aromatic rings. The molecule has 0 unspecified atom stereocenters. The summed E-state index contributed by atoms with van der Waals surface area (Å²) in [6.07, 6.45) is 6.90. The van der Waals surface area contributed by atoms with Gasteiger partial charge in [0.25, 0.3) is 0 Å². The molecule has 2 aliphatic rings. The van der Waals surface area contributed by atoms with Crippen molar-refractivity contribution in [1.29, 1.82) is 0 Å². The Morgan fingerprint density at radius 1 is 1.19 bits per heavy atom. The zero-order chi connectivity index (χ0) is 18.8. The van der Waals surface area contributed by atoms with Gasteiger partial charge < -0.3 is 9.88 Å². The number of benzene rings is 1. The van der Waals surface area contributed by atoms with Gasteiger partial charge in [0.05, 0.1) is 11.1 Å². The number of anilines is 1. The summed E-state index contributed by atoms with van der Waals surface area (Å²) in [6.45, 7) is 7.05. The van der Waals surface area contributed by atoms with Crippen LogP contribution in [-0.4, -0.2) is 27.6 Å². The van der Waals surface area contributed by atoms with Crippen LogP contribution in [0.1, 0.15) is 56.7 Å². The maximum Gasteiger partial charge on any atom is 0.237 e. The van der Waals surface area contributed by atoms with Gasteiger partial charge in [-0.2, -0.15) is 5.10 Å². The first-order valence-electron chi connectivity index (χ1n) is 10.2. The van der Waals surface area contributed by atoms with Crippen molar-refractivity contribution in [2.24, 2.45) is 0 Å². The van der Waals surface area contributed by atoms with Gasteiger partial charge >= 0.3 is 0 Å². The van der Waals surface area contributed by atoms with E-state index in [9.17, 15) is 4.79 Å². The van der Waals surface area contributed by atoms with Crippen LogP contribution in [0.4, 0.5) is 5.69 Å². The number of amides is 1. The van der Waals surface area contributed by atoms with Crippen molar-refractivity contribution < 1.29 is 4.79 Å². The fourth-order valence-electron chi connectivity index (χ4n) is 5.26. The molecule has 0 radical (unpaired) electrons. The average molecular weight is 362 g/mol. The highest BCUT2D eigenvalue weighted by atomic mass is 16.2. The van der Waals surface area contributed by atoms with Crippen LogP contribution in [0.3, 0.4) is 0 Å². The van der Waals surface area contributed by atoms with Gasteiger partial charge in [-0.05, 0) is 67.9 Å². The standard InChI is InChI=1S/C22H26N4O/c1-4-22(5-2)16-11-17-15(10-18(16)26(6-3)21(22)27)14-9-7-8-13-12-23-25-19(13)20(14)24-17/h10-12,24H,4-9H2,1-3H3,(H,23,25). The Hall–Kier alpha value is -2.56. The van der Waals surface area contributed by atoms with Crippen molar-refractivity contribution in [3.8, 4) is 11.4 Å². The van der Waals surface area contributed by atoms with Crippen LogP contribution in [-0.2, 0) is 23.1 Å². The molecule has 1 aromatic carbocycles. The van der Waals surface area contributed by atoms with Gasteiger partial charge in [-0.25, -0.2) is 0 Å². The molecule has 5 rings (SSSR count). The van der Waals surface area contributed by atoms with E-state index in [-0.39, 0.29) is 11.3 Å². The first-order valence-corrected chi connectivity index (χ1v) is 10.2. The largest absolute Gasteiger partial charge is 0.353 e. The third-order valence-corrected chi connectivity index (χ3v) is 6.84. The van der Waals surface area contributed by atoms with Gasteiger partial charge in [-0.15, -0.1) is 0 Å². The molecule has 0 saturated heterocycles. The van der Waals surface area contributed by atoms with Gasteiger partial charge in [0.2, 0.25) is 5.91 Å². The molecule has 27 heavy (non-hydrogen) atoms. The lowest BCUT2D eigenvalue weighted by molar-refractivity contribution is -0.123. The van der Waals surface area contributed by atoms with E-state index in [1.807, 2.05) is 11.1 Å². The Labute approximate surface area is 159 Å². The molecule has 140 valence electrons. The maximum atomic E-state index is 13.3. The highest BCUT2D eigenvalue weighted by molar-refractivity contribution is 6.11. The molecule has 0 fully saturated rings. The lowest BCUT2D eigenvalue weighted by Crippen LogP contribution is -2.39. The normalized spacial score (nSPS) is 17.7. The quantitative estimate of drug-likeness (QED) is 0.722. The number of hydrogen-bond donors (Lipinski definition) is 2. The number of aromatic amines is 2. The number of hydrogen-bond acceptors (Lipinski definition) is 2. The summed E-state index contributed by atoms with van der Waals surface area (Å²) in [4.78, 5) is 18.9. The molecule has 5 heteroatoms. The first-order chi connectivity index (χ1) is 13.1. The fourth-order valence-corrected chi connectivity index (χ4v) is 5.26. The van der Waals surface area contributed by atoms with E-state index in [2.05, 4.69) is 48.1 Å². The lowest BCUT2D eigenvalue weighted by atomic mass is 9.76. The monoisotopic (exact) mass is 362 g/mol. The minimum Gasteiger partial charge on any atom is -0.353 e. The van der Waals surface area contributed by atoms with Crippen molar-refractivity contribution in [2.45, 2.75) is 58.3 Å². The molecule has 1 aliphatic heterocycles. The molecular formula is C22H26N4O.